The van der Waals surface area contributed by atoms with Crippen LogP contribution >= 0.6 is 12.4 Å². The molecule has 1 aliphatic heterocycles. The molecule has 2 aliphatic rings. The lowest BCUT2D eigenvalue weighted by Gasteiger charge is -2.34. The van der Waals surface area contributed by atoms with Gasteiger partial charge in [-0.15, -0.1) is 12.4 Å². The molecule has 1 heterocycles. The van der Waals surface area contributed by atoms with Crippen LogP contribution in [-0.2, 0) is 14.6 Å². The van der Waals surface area contributed by atoms with Crippen molar-refractivity contribution in [1.82, 2.24) is 10.2 Å². The predicted molar refractivity (Wildman–Crippen MR) is 106 cm³/mol. The molecular formula is C19H29ClN2O3S. The number of amides is 1. The first-order valence-corrected chi connectivity index (χ1v) is 10.7. The average Bonchev–Trinajstić information content (AvgIpc) is 2.94. The van der Waals surface area contributed by atoms with Gasteiger partial charge < -0.3 is 10.2 Å². The van der Waals surface area contributed by atoms with Crippen molar-refractivity contribution in [2.45, 2.75) is 55.6 Å². The van der Waals surface area contributed by atoms with Crippen LogP contribution in [0, 0.1) is 13.8 Å². The number of halogens is 1. The molecule has 0 unspecified atom stereocenters. The van der Waals surface area contributed by atoms with Crippen LogP contribution in [-0.4, -0.2) is 50.2 Å². The van der Waals surface area contributed by atoms with Gasteiger partial charge in [0.15, 0.2) is 14.6 Å². The minimum absolute atomic E-state index is 0. The van der Waals surface area contributed by atoms with Crippen LogP contribution in [0.4, 0.5) is 0 Å². The van der Waals surface area contributed by atoms with E-state index in [1.165, 1.54) is 0 Å². The van der Waals surface area contributed by atoms with Gasteiger partial charge in [0.25, 0.3) is 0 Å². The van der Waals surface area contributed by atoms with Crippen molar-refractivity contribution in [2.75, 3.05) is 26.2 Å². The number of hydrogen-bond donors (Lipinski definition) is 1. The molecule has 146 valence electrons. The van der Waals surface area contributed by atoms with E-state index in [0.717, 1.165) is 43.5 Å². The Morgan fingerprint density at radius 1 is 1.08 bits per heavy atom. The van der Waals surface area contributed by atoms with Crippen LogP contribution < -0.4 is 5.32 Å². The van der Waals surface area contributed by atoms with E-state index in [9.17, 15) is 13.2 Å². The summed E-state index contributed by atoms with van der Waals surface area (Å²) in [5, 5.41) is 3.28. The Hall–Kier alpha value is -1.11. The summed E-state index contributed by atoms with van der Waals surface area (Å²) in [5.41, 5.74) is 1.63. The normalized spacial score (nSPS) is 20.3. The fourth-order valence-corrected chi connectivity index (χ4v) is 6.53. The first-order chi connectivity index (χ1) is 11.9. The van der Waals surface area contributed by atoms with Gasteiger partial charge in [0.1, 0.15) is 0 Å². The largest absolute Gasteiger partial charge is 0.340 e. The van der Waals surface area contributed by atoms with E-state index in [2.05, 4.69) is 5.32 Å². The molecule has 0 atom stereocenters. The highest BCUT2D eigenvalue weighted by Gasteiger charge is 2.54. The first-order valence-electron chi connectivity index (χ1n) is 9.20. The summed E-state index contributed by atoms with van der Waals surface area (Å²) in [6.45, 7) is 6.53. The zero-order chi connectivity index (χ0) is 18.1. The van der Waals surface area contributed by atoms with Crippen molar-refractivity contribution < 1.29 is 13.2 Å². The number of carbonyl (C=O) groups is 1. The standard InChI is InChI=1S/C19H28N2O3S.ClH/c1-15-6-7-16(2)17(14-15)25(23,24)19(8-3-4-9-19)18(22)21-12-5-10-20-11-13-21;/h6-7,14,20H,3-5,8-13H2,1-2H3;1H. The Balaban J connectivity index is 0.00000243. The third-order valence-electron chi connectivity index (χ3n) is 5.58. The molecule has 1 N–H and O–H groups in total. The number of carbonyl (C=O) groups excluding carboxylic acids is 1. The predicted octanol–water partition coefficient (Wildman–Crippen LogP) is 2.63. The molecule has 1 saturated carbocycles. The maximum Gasteiger partial charge on any atom is 0.244 e. The zero-order valence-electron chi connectivity index (χ0n) is 15.6. The lowest BCUT2D eigenvalue weighted by Crippen LogP contribution is -2.53. The minimum atomic E-state index is -3.73. The van der Waals surface area contributed by atoms with Crippen molar-refractivity contribution >= 4 is 28.2 Å². The van der Waals surface area contributed by atoms with Gasteiger partial charge in [-0.3, -0.25) is 4.79 Å². The second-order valence-electron chi connectivity index (χ2n) is 7.37. The van der Waals surface area contributed by atoms with Gasteiger partial charge in [0.05, 0.1) is 4.90 Å². The molecule has 0 aromatic heterocycles. The highest BCUT2D eigenvalue weighted by molar-refractivity contribution is 7.93. The molecule has 1 aromatic rings. The van der Waals surface area contributed by atoms with Crippen molar-refractivity contribution in [1.29, 1.82) is 0 Å². The van der Waals surface area contributed by atoms with E-state index < -0.39 is 14.6 Å². The summed E-state index contributed by atoms with van der Waals surface area (Å²) in [5.74, 6) is -0.186. The number of aryl methyl sites for hydroxylation is 2. The maximum absolute atomic E-state index is 13.6. The minimum Gasteiger partial charge on any atom is -0.340 e. The SMILES string of the molecule is Cc1ccc(C)c(S(=O)(=O)C2(C(=O)N3CCCNCC3)CCCC2)c1.Cl. The molecule has 26 heavy (non-hydrogen) atoms. The van der Waals surface area contributed by atoms with Gasteiger partial charge in [0, 0.05) is 19.6 Å². The van der Waals surface area contributed by atoms with Gasteiger partial charge in [-0.2, -0.15) is 0 Å². The summed E-state index contributed by atoms with van der Waals surface area (Å²) >= 11 is 0. The van der Waals surface area contributed by atoms with Crippen molar-refractivity contribution in [3.05, 3.63) is 29.3 Å². The van der Waals surface area contributed by atoms with Crippen LogP contribution in [0.25, 0.3) is 0 Å². The summed E-state index contributed by atoms with van der Waals surface area (Å²) in [6.07, 6.45) is 3.33. The lowest BCUT2D eigenvalue weighted by atomic mass is 10.1. The molecular weight excluding hydrogens is 372 g/mol. The summed E-state index contributed by atoms with van der Waals surface area (Å²) in [7, 11) is -3.73. The summed E-state index contributed by atoms with van der Waals surface area (Å²) < 4.78 is 26.0. The van der Waals surface area contributed by atoms with Gasteiger partial charge in [-0.05, 0) is 56.8 Å². The molecule has 3 rings (SSSR count). The molecule has 0 spiro atoms. The summed E-state index contributed by atoms with van der Waals surface area (Å²) in [6, 6.07) is 5.48. The van der Waals surface area contributed by atoms with Crippen LogP contribution in [0.2, 0.25) is 0 Å². The van der Waals surface area contributed by atoms with E-state index in [-0.39, 0.29) is 18.3 Å². The summed E-state index contributed by atoms with van der Waals surface area (Å²) in [4.78, 5) is 15.5. The van der Waals surface area contributed by atoms with Crippen LogP contribution in [0.5, 0.6) is 0 Å². The Morgan fingerprint density at radius 3 is 2.46 bits per heavy atom. The topological polar surface area (TPSA) is 66.5 Å². The Kier molecular flexibility index (Phi) is 6.75. The highest BCUT2D eigenvalue weighted by atomic mass is 35.5. The second kappa shape index (κ2) is 8.28. The fraction of sp³-hybridized carbons (Fsp3) is 0.632. The van der Waals surface area contributed by atoms with E-state index in [1.54, 1.807) is 11.0 Å². The number of hydrogen-bond acceptors (Lipinski definition) is 4. The highest BCUT2D eigenvalue weighted by Crippen LogP contribution is 2.43. The van der Waals surface area contributed by atoms with E-state index in [1.807, 2.05) is 26.0 Å². The third-order valence-corrected chi connectivity index (χ3v) is 8.21. The average molecular weight is 401 g/mol. The van der Waals surface area contributed by atoms with E-state index >= 15 is 0 Å². The first kappa shape index (κ1) is 21.2. The fourth-order valence-electron chi connectivity index (χ4n) is 4.09. The molecule has 1 aromatic carbocycles. The lowest BCUT2D eigenvalue weighted by molar-refractivity contribution is -0.133. The number of nitrogens with one attached hydrogen (secondary N) is 1. The van der Waals surface area contributed by atoms with E-state index in [0.29, 0.717) is 30.8 Å². The number of benzene rings is 1. The Labute approximate surface area is 162 Å². The smallest absolute Gasteiger partial charge is 0.244 e. The van der Waals surface area contributed by atoms with Gasteiger partial charge >= 0.3 is 0 Å². The van der Waals surface area contributed by atoms with Crippen molar-refractivity contribution in [3.63, 3.8) is 0 Å². The number of nitrogens with zero attached hydrogens (tertiary/aromatic N) is 1. The molecule has 1 saturated heterocycles. The molecule has 7 heteroatoms. The van der Waals surface area contributed by atoms with Gasteiger partial charge in [0.2, 0.25) is 5.91 Å². The van der Waals surface area contributed by atoms with Crippen LogP contribution in [0.15, 0.2) is 23.1 Å². The Morgan fingerprint density at radius 2 is 1.77 bits per heavy atom. The molecule has 2 fully saturated rings. The van der Waals surface area contributed by atoms with Gasteiger partial charge in [-0.25, -0.2) is 8.42 Å². The maximum atomic E-state index is 13.6. The third kappa shape index (κ3) is 3.64. The number of sulfone groups is 1. The quantitative estimate of drug-likeness (QED) is 0.846. The van der Waals surface area contributed by atoms with Crippen LogP contribution in [0.3, 0.4) is 0 Å². The molecule has 1 aliphatic carbocycles. The van der Waals surface area contributed by atoms with Gasteiger partial charge in [-0.1, -0.05) is 25.0 Å². The van der Waals surface area contributed by atoms with Crippen molar-refractivity contribution in [3.8, 4) is 0 Å². The second-order valence-corrected chi connectivity index (χ2v) is 9.60. The Bertz CT molecular complexity index is 750. The van der Waals surface area contributed by atoms with Crippen molar-refractivity contribution in [2.24, 2.45) is 0 Å². The molecule has 0 radical (unpaired) electrons. The number of rotatable bonds is 3. The molecule has 1 amide bonds. The molecule has 5 nitrogen and oxygen atoms in total. The van der Waals surface area contributed by atoms with E-state index in [4.69, 9.17) is 0 Å². The monoisotopic (exact) mass is 400 g/mol. The zero-order valence-corrected chi connectivity index (χ0v) is 17.2. The molecule has 0 bridgehead atoms. The van der Waals surface area contributed by atoms with Crippen LogP contribution in [0.1, 0.15) is 43.2 Å².